The van der Waals surface area contributed by atoms with Gasteiger partial charge in [-0.05, 0) is 79.9 Å². The summed E-state index contributed by atoms with van der Waals surface area (Å²) in [5, 5.41) is 9.72. The molecule has 0 bridgehead atoms. The first kappa shape index (κ1) is 29.0. The maximum Gasteiger partial charge on any atom is 0.338 e. The topological polar surface area (TPSA) is 107 Å². The molecule has 1 aliphatic rings. The second-order valence-electron chi connectivity index (χ2n) is 9.95. The highest BCUT2D eigenvalue weighted by atomic mass is 35.5. The summed E-state index contributed by atoms with van der Waals surface area (Å²) in [4.78, 5) is 43.3. The minimum Gasteiger partial charge on any atom is -0.489 e. The Kier molecular flexibility index (Phi) is 8.42. The number of nitrogens with zero attached hydrogens (tertiary/aromatic N) is 2. The van der Waals surface area contributed by atoms with E-state index in [1.807, 2.05) is 12.1 Å². The lowest BCUT2D eigenvalue weighted by molar-refractivity contribution is -0.143. The molecule has 4 aromatic rings. The number of aromatic nitrogens is 1. The van der Waals surface area contributed by atoms with Gasteiger partial charge in [0.15, 0.2) is 4.80 Å². The molecule has 42 heavy (non-hydrogen) atoms. The number of ether oxygens (including phenoxy) is 2. The summed E-state index contributed by atoms with van der Waals surface area (Å²) in [6, 6.07) is 20.1. The van der Waals surface area contributed by atoms with Crippen LogP contribution < -0.4 is 19.6 Å². The zero-order chi connectivity index (χ0) is 30.0. The Hall–Kier alpha value is -4.47. The second-order valence-corrected chi connectivity index (χ2v) is 11.4. The van der Waals surface area contributed by atoms with Gasteiger partial charge in [-0.3, -0.25) is 9.36 Å². The van der Waals surface area contributed by atoms with E-state index in [2.05, 4.69) is 4.99 Å². The number of hydrogen-bond donors (Lipinski definition) is 1. The van der Waals surface area contributed by atoms with E-state index in [4.69, 9.17) is 21.1 Å². The van der Waals surface area contributed by atoms with Gasteiger partial charge >= 0.3 is 11.9 Å². The summed E-state index contributed by atoms with van der Waals surface area (Å²) in [7, 11) is 0. The normalized spacial score (nSPS) is 14.9. The number of aromatic carboxylic acids is 1. The van der Waals surface area contributed by atoms with Crippen molar-refractivity contribution in [2.75, 3.05) is 0 Å². The van der Waals surface area contributed by atoms with Crippen molar-refractivity contribution in [2.45, 2.75) is 39.5 Å². The van der Waals surface area contributed by atoms with Crippen LogP contribution in [0.4, 0.5) is 0 Å². The van der Waals surface area contributed by atoms with Crippen LogP contribution in [0, 0.1) is 0 Å². The molecule has 0 saturated heterocycles. The molecule has 5 rings (SSSR count). The highest BCUT2D eigenvalue weighted by Gasteiger charge is 2.33. The van der Waals surface area contributed by atoms with E-state index in [9.17, 15) is 19.5 Å². The van der Waals surface area contributed by atoms with Crippen LogP contribution in [-0.4, -0.2) is 27.7 Å². The van der Waals surface area contributed by atoms with Gasteiger partial charge in [0.25, 0.3) is 5.56 Å². The summed E-state index contributed by atoms with van der Waals surface area (Å²) in [6.07, 6.45) is 1.43. The van der Waals surface area contributed by atoms with Crippen molar-refractivity contribution >= 4 is 41.0 Å². The Balaban J connectivity index is 1.46. The molecule has 3 aromatic carbocycles. The maximum atomic E-state index is 13.8. The Bertz CT molecular complexity index is 1870. The zero-order valence-electron chi connectivity index (χ0n) is 23.0. The summed E-state index contributed by atoms with van der Waals surface area (Å²) >= 11 is 7.37. The molecule has 0 amide bonds. The van der Waals surface area contributed by atoms with E-state index in [1.165, 1.54) is 22.0 Å². The number of carbonyl (C=O) groups is 2. The van der Waals surface area contributed by atoms with Crippen LogP contribution >= 0.6 is 22.9 Å². The van der Waals surface area contributed by atoms with Gasteiger partial charge in [-0.2, -0.15) is 0 Å². The molecular formula is C32H27ClN2O6S. The van der Waals surface area contributed by atoms with Gasteiger partial charge in [-0.15, -0.1) is 0 Å². The van der Waals surface area contributed by atoms with Crippen molar-refractivity contribution < 1.29 is 24.2 Å². The predicted octanol–water partition coefficient (Wildman–Crippen LogP) is 5.12. The van der Waals surface area contributed by atoms with Crippen molar-refractivity contribution in [3.8, 4) is 5.75 Å². The molecule has 1 atom stereocenters. The number of rotatable bonds is 8. The molecule has 0 radical (unpaired) electrons. The van der Waals surface area contributed by atoms with Crippen molar-refractivity contribution in [2.24, 2.45) is 4.99 Å². The van der Waals surface area contributed by atoms with E-state index in [1.54, 1.807) is 81.4 Å². The van der Waals surface area contributed by atoms with Gasteiger partial charge in [0.2, 0.25) is 0 Å². The van der Waals surface area contributed by atoms with E-state index >= 15 is 0 Å². The van der Waals surface area contributed by atoms with Gasteiger partial charge in [0, 0.05) is 5.02 Å². The van der Waals surface area contributed by atoms with E-state index in [-0.39, 0.29) is 23.8 Å². The van der Waals surface area contributed by atoms with E-state index in [0.29, 0.717) is 36.9 Å². The second kappa shape index (κ2) is 12.2. The fraction of sp³-hybridized carbons (Fsp3) is 0.188. The molecule has 0 unspecified atom stereocenters. The number of carboxylic acids is 1. The first-order valence-corrected chi connectivity index (χ1v) is 14.3. The van der Waals surface area contributed by atoms with Crippen LogP contribution in [0.1, 0.15) is 53.9 Å². The largest absolute Gasteiger partial charge is 0.489 e. The zero-order valence-corrected chi connectivity index (χ0v) is 24.6. The van der Waals surface area contributed by atoms with Crippen LogP contribution in [-0.2, 0) is 16.1 Å². The van der Waals surface area contributed by atoms with Crippen LogP contribution in [0.15, 0.2) is 93.9 Å². The van der Waals surface area contributed by atoms with Gasteiger partial charge in [-0.25, -0.2) is 14.6 Å². The van der Waals surface area contributed by atoms with Crippen LogP contribution in [0.25, 0.3) is 6.08 Å². The smallest absolute Gasteiger partial charge is 0.338 e. The molecule has 10 heteroatoms. The lowest BCUT2D eigenvalue weighted by atomic mass is 9.96. The predicted molar refractivity (Wildman–Crippen MR) is 161 cm³/mol. The number of esters is 1. The number of allylic oxidation sites excluding steroid dienone is 1. The fourth-order valence-electron chi connectivity index (χ4n) is 4.59. The number of hydrogen-bond acceptors (Lipinski definition) is 7. The van der Waals surface area contributed by atoms with Gasteiger partial charge in [0.05, 0.1) is 33.5 Å². The number of carbonyl (C=O) groups excluding carboxylic acids is 1. The third-order valence-electron chi connectivity index (χ3n) is 6.53. The minimum atomic E-state index is -0.993. The van der Waals surface area contributed by atoms with E-state index in [0.717, 1.165) is 11.1 Å². The third kappa shape index (κ3) is 6.22. The number of thiazole rings is 1. The Morgan fingerprint density at radius 3 is 2.48 bits per heavy atom. The Morgan fingerprint density at radius 1 is 1.10 bits per heavy atom. The number of benzene rings is 3. The monoisotopic (exact) mass is 602 g/mol. The molecule has 0 aliphatic carbocycles. The van der Waals surface area contributed by atoms with Crippen LogP contribution in [0.3, 0.4) is 0 Å². The average molecular weight is 603 g/mol. The highest BCUT2D eigenvalue weighted by Crippen LogP contribution is 2.31. The molecule has 214 valence electrons. The SMILES string of the molecule is CC1=C(C(=O)OC(C)C)[C@H](c2ccc(Cl)cc2)n2c(s/c(=C\c3ccc(OCc4cccc(C(=O)O)c4)cc3)c2=O)=N1. The van der Waals surface area contributed by atoms with Crippen LogP contribution in [0.2, 0.25) is 5.02 Å². The quantitative estimate of drug-likeness (QED) is 0.281. The number of carboxylic acid groups (broad SMARTS) is 1. The highest BCUT2D eigenvalue weighted by molar-refractivity contribution is 7.07. The van der Waals surface area contributed by atoms with Crippen molar-refractivity contribution in [1.29, 1.82) is 0 Å². The summed E-state index contributed by atoms with van der Waals surface area (Å²) in [6.45, 7) is 5.50. The van der Waals surface area contributed by atoms with Crippen LogP contribution in [0.5, 0.6) is 5.75 Å². The lowest BCUT2D eigenvalue weighted by Gasteiger charge is -2.25. The fourth-order valence-corrected chi connectivity index (χ4v) is 5.77. The average Bonchev–Trinajstić information content (AvgIpc) is 3.26. The summed E-state index contributed by atoms with van der Waals surface area (Å²) < 4.78 is 13.3. The molecule has 0 fully saturated rings. The van der Waals surface area contributed by atoms with Gasteiger partial charge in [-0.1, -0.05) is 59.3 Å². The van der Waals surface area contributed by atoms with Gasteiger partial charge < -0.3 is 14.6 Å². The molecule has 1 N–H and O–H groups in total. The lowest BCUT2D eigenvalue weighted by Crippen LogP contribution is -2.40. The Labute approximate surface area is 250 Å². The maximum absolute atomic E-state index is 13.8. The van der Waals surface area contributed by atoms with Crippen molar-refractivity contribution in [1.82, 2.24) is 4.57 Å². The summed E-state index contributed by atoms with van der Waals surface area (Å²) in [5.41, 5.74) is 2.95. The molecule has 8 nitrogen and oxygen atoms in total. The van der Waals surface area contributed by atoms with Crippen molar-refractivity contribution in [3.05, 3.63) is 131 Å². The number of fused-ring (bicyclic) bond motifs is 1. The first-order chi connectivity index (χ1) is 20.1. The molecular weight excluding hydrogens is 576 g/mol. The van der Waals surface area contributed by atoms with Gasteiger partial charge in [0.1, 0.15) is 12.4 Å². The molecule has 1 aliphatic heterocycles. The van der Waals surface area contributed by atoms with E-state index < -0.39 is 18.0 Å². The van der Waals surface area contributed by atoms with Crippen molar-refractivity contribution in [3.63, 3.8) is 0 Å². The molecule has 0 saturated carbocycles. The summed E-state index contributed by atoms with van der Waals surface area (Å²) in [5.74, 6) is -0.917. The molecule has 0 spiro atoms. The molecule has 1 aromatic heterocycles. The Morgan fingerprint density at radius 2 is 1.81 bits per heavy atom. The minimum absolute atomic E-state index is 0.199. The number of halogens is 1. The first-order valence-electron chi connectivity index (χ1n) is 13.1. The third-order valence-corrected chi connectivity index (χ3v) is 7.76. The molecule has 2 heterocycles. The standard InChI is InChI=1S/C32H27ClN2O6S/c1-18(2)41-31(39)27-19(3)34-32-35(28(27)22-9-11-24(33)12-10-22)29(36)26(42-32)16-20-7-13-25(14-8-20)40-17-21-5-4-6-23(15-21)30(37)38/h4-16,18,28H,17H2,1-3H3,(H,37,38)/b26-16-/t28-/m0/s1.